The summed E-state index contributed by atoms with van der Waals surface area (Å²) in [6.45, 7) is 0.789. The van der Waals surface area contributed by atoms with Crippen molar-refractivity contribution in [3.8, 4) is 5.75 Å². The first kappa shape index (κ1) is 15.0. The fraction of sp³-hybridized carbons (Fsp3) is 0.357. The normalized spacial score (nSPS) is 10.3. The van der Waals surface area contributed by atoms with Crippen LogP contribution in [0.4, 0.5) is 4.39 Å². The number of nitrogens with zero attached hydrogens (tertiary/aromatic N) is 2. The predicted octanol–water partition coefficient (Wildman–Crippen LogP) is 1.46. The molecule has 2 rings (SSSR count). The SMILES string of the molecule is O=C(CCOc1cccc(F)c1)NCCCc1ncn[nH]1. The molecule has 1 heterocycles. The van der Waals surface area contributed by atoms with Crippen LogP contribution in [-0.2, 0) is 11.2 Å². The fourth-order valence-corrected chi connectivity index (χ4v) is 1.74. The second-order valence-corrected chi connectivity index (χ2v) is 4.44. The van der Waals surface area contributed by atoms with Gasteiger partial charge in [0.1, 0.15) is 23.7 Å². The quantitative estimate of drug-likeness (QED) is 0.722. The number of ether oxygens (including phenoxy) is 1. The third-order valence-electron chi connectivity index (χ3n) is 2.77. The van der Waals surface area contributed by atoms with Gasteiger partial charge in [-0.3, -0.25) is 9.89 Å². The van der Waals surface area contributed by atoms with Gasteiger partial charge in [0.05, 0.1) is 13.0 Å². The van der Waals surface area contributed by atoms with Crippen LogP contribution in [-0.4, -0.2) is 34.2 Å². The first-order chi connectivity index (χ1) is 10.2. The van der Waals surface area contributed by atoms with E-state index in [1.165, 1.54) is 18.5 Å². The lowest BCUT2D eigenvalue weighted by atomic mass is 10.3. The highest BCUT2D eigenvalue weighted by Crippen LogP contribution is 2.11. The third-order valence-corrected chi connectivity index (χ3v) is 2.77. The van der Waals surface area contributed by atoms with Gasteiger partial charge in [-0.15, -0.1) is 0 Å². The molecule has 0 radical (unpaired) electrons. The van der Waals surface area contributed by atoms with Gasteiger partial charge in [-0.25, -0.2) is 9.37 Å². The van der Waals surface area contributed by atoms with E-state index in [-0.39, 0.29) is 24.8 Å². The summed E-state index contributed by atoms with van der Waals surface area (Å²) in [7, 11) is 0. The van der Waals surface area contributed by atoms with E-state index in [9.17, 15) is 9.18 Å². The molecule has 0 aliphatic heterocycles. The van der Waals surface area contributed by atoms with Gasteiger partial charge in [-0.05, 0) is 18.6 Å². The lowest BCUT2D eigenvalue weighted by Crippen LogP contribution is -2.26. The monoisotopic (exact) mass is 292 g/mol. The highest BCUT2D eigenvalue weighted by molar-refractivity contribution is 5.75. The topological polar surface area (TPSA) is 79.9 Å². The minimum Gasteiger partial charge on any atom is -0.493 e. The maximum Gasteiger partial charge on any atom is 0.223 e. The number of amides is 1. The van der Waals surface area contributed by atoms with Gasteiger partial charge in [0.25, 0.3) is 0 Å². The second-order valence-electron chi connectivity index (χ2n) is 4.44. The van der Waals surface area contributed by atoms with Crippen LogP contribution in [0.25, 0.3) is 0 Å². The largest absolute Gasteiger partial charge is 0.493 e. The number of rotatable bonds is 8. The third kappa shape index (κ3) is 5.60. The molecule has 0 spiro atoms. The number of aryl methyl sites for hydroxylation is 1. The van der Waals surface area contributed by atoms with E-state index in [0.717, 1.165) is 18.7 Å². The van der Waals surface area contributed by atoms with Crippen molar-refractivity contribution < 1.29 is 13.9 Å². The van der Waals surface area contributed by atoms with Crippen molar-refractivity contribution in [3.05, 3.63) is 42.2 Å². The van der Waals surface area contributed by atoms with Crippen molar-refractivity contribution in [2.75, 3.05) is 13.2 Å². The summed E-state index contributed by atoms with van der Waals surface area (Å²) in [5.74, 6) is 0.778. The Morgan fingerprint density at radius 3 is 3.10 bits per heavy atom. The van der Waals surface area contributed by atoms with E-state index in [1.807, 2.05) is 0 Å². The van der Waals surface area contributed by atoms with E-state index in [4.69, 9.17) is 4.74 Å². The predicted molar refractivity (Wildman–Crippen MR) is 74.2 cm³/mol. The molecule has 21 heavy (non-hydrogen) atoms. The second kappa shape index (κ2) is 7.98. The number of hydrogen-bond acceptors (Lipinski definition) is 4. The van der Waals surface area contributed by atoms with E-state index < -0.39 is 0 Å². The Balaban J connectivity index is 1.55. The van der Waals surface area contributed by atoms with Crippen LogP contribution in [0.5, 0.6) is 5.75 Å². The summed E-state index contributed by atoms with van der Waals surface area (Å²) < 4.78 is 18.2. The van der Waals surface area contributed by atoms with Crippen LogP contribution in [0.2, 0.25) is 0 Å². The van der Waals surface area contributed by atoms with Crippen LogP contribution < -0.4 is 10.1 Å². The maximum absolute atomic E-state index is 12.9. The van der Waals surface area contributed by atoms with Gasteiger partial charge in [0.2, 0.25) is 5.91 Å². The fourth-order valence-electron chi connectivity index (χ4n) is 1.74. The molecular weight excluding hydrogens is 275 g/mol. The minimum absolute atomic E-state index is 0.0935. The number of H-pyrrole nitrogens is 1. The molecule has 0 saturated carbocycles. The average Bonchev–Trinajstić information content (AvgIpc) is 2.97. The maximum atomic E-state index is 12.9. The van der Waals surface area contributed by atoms with Crippen molar-refractivity contribution in [2.45, 2.75) is 19.3 Å². The number of nitrogens with one attached hydrogen (secondary N) is 2. The zero-order valence-corrected chi connectivity index (χ0v) is 11.5. The summed E-state index contributed by atoms with van der Waals surface area (Å²) in [6.07, 6.45) is 3.21. The molecule has 0 unspecified atom stereocenters. The van der Waals surface area contributed by atoms with Crippen molar-refractivity contribution in [2.24, 2.45) is 0 Å². The number of carbonyl (C=O) groups is 1. The lowest BCUT2D eigenvalue weighted by Gasteiger charge is -2.07. The van der Waals surface area contributed by atoms with Crippen LogP contribution in [0.1, 0.15) is 18.7 Å². The van der Waals surface area contributed by atoms with Gasteiger partial charge in [0.15, 0.2) is 0 Å². The molecule has 0 saturated heterocycles. The van der Waals surface area contributed by atoms with Gasteiger partial charge in [-0.2, -0.15) is 5.10 Å². The highest BCUT2D eigenvalue weighted by Gasteiger charge is 2.03. The summed E-state index contributed by atoms with van der Waals surface area (Å²) >= 11 is 0. The zero-order chi connectivity index (χ0) is 14.9. The van der Waals surface area contributed by atoms with Crippen molar-refractivity contribution >= 4 is 5.91 Å². The lowest BCUT2D eigenvalue weighted by molar-refractivity contribution is -0.121. The number of halogens is 1. The molecular formula is C14H17FN4O2. The Bertz CT molecular complexity index is 560. The van der Waals surface area contributed by atoms with Crippen LogP contribution in [0.3, 0.4) is 0 Å². The Morgan fingerprint density at radius 2 is 2.33 bits per heavy atom. The summed E-state index contributed by atoms with van der Waals surface area (Å²) in [5, 5.41) is 9.29. The standard InChI is InChI=1S/C14H17FN4O2/c15-11-3-1-4-12(9-11)21-8-6-14(20)16-7-2-5-13-17-10-18-19-13/h1,3-4,9-10H,2,5-8H2,(H,16,20)(H,17,18,19). The molecule has 112 valence electrons. The van der Waals surface area contributed by atoms with Gasteiger partial charge in [-0.1, -0.05) is 6.07 Å². The summed E-state index contributed by atoms with van der Waals surface area (Å²) in [6, 6.07) is 5.84. The van der Waals surface area contributed by atoms with Crippen LogP contribution in [0.15, 0.2) is 30.6 Å². The first-order valence-corrected chi connectivity index (χ1v) is 6.73. The van der Waals surface area contributed by atoms with E-state index in [2.05, 4.69) is 20.5 Å². The number of aromatic nitrogens is 3. The van der Waals surface area contributed by atoms with Gasteiger partial charge < -0.3 is 10.1 Å². The molecule has 2 N–H and O–H groups in total. The Morgan fingerprint density at radius 1 is 1.43 bits per heavy atom. The molecule has 2 aromatic rings. The molecule has 7 heteroatoms. The molecule has 0 aliphatic rings. The van der Waals surface area contributed by atoms with Gasteiger partial charge >= 0.3 is 0 Å². The zero-order valence-electron chi connectivity index (χ0n) is 11.5. The van der Waals surface area contributed by atoms with Crippen molar-refractivity contribution in [3.63, 3.8) is 0 Å². The Kier molecular flexibility index (Phi) is 5.69. The van der Waals surface area contributed by atoms with Crippen molar-refractivity contribution in [1.82, 2.24) is 20.5 Å². The Labute approximate surface area is 121 Å². The number of benzene rings is 1. The van der Waals surface area contributed by atoms with Crippen LogP contribution in [0, 0.1) is 5.82 Å². The molecule has 0 bridgehead atoms. The molecule has 0 atom stereocenters. The highest BCUT2D eigenvalue weighted by atomic mass is 19.1. The average molecular weight is 292 g/mol. The van der Waals surface area contributed by atoms with E-state index >= 15 is 0 Å². The number of carbonyl (C=O) groups excluding carboxylic acids is 1. The number of hydrogen-bond donors (Lipinski definition) is 2. The summed E-state index contributed by atoms with van der Waals surface area (Å²) in [5.41, 5.74) is 0. The molecule has 1 aromatic heterocycles. The smallest absolute Gasteiger partial charge is 0.223 e. The summed E-state index contributed by atoms with van der Waals surface area (Å²) in [4.78, 5) is 15.6. The molecule has 0 aliphatic carbocycles. The molecule has 6 nitrogen and oxygen atoms in total. The first-order valence-electron chi connectivity index (χ1n) is 6.73. The van der Waals surface area contributed by atoms with Crippen LogP contribution >= 0.6 is 0 Å². The van der Waals surface area contributed by atoms with E-state index in [1.54, 1.807) is 12.1 Å². The molecule has 0 fully saturated rings. The minimum atomic E-state index is -0.357. The van der Waals surface area contributed by atoms with Gasteiger partial charge in [0, 0.05) is 19.0 Å². The van der Waals surface area contributed by atoms with E-state index in [0.29, 0.717) is 12.3 Å². The number of aromatic amines is 1. The molecule has 1 amide bonds. The molecule has 1 aromatic carbocycles. The van der Waals surface area contributed by atoms with Crippen molar-refractivity contribution in [1.29, 1.82) is 0 Å². The Hall–Kier alpha value is -2.44.